The standard InChI is InChI=1S/C24H25N5O2S.C21H20N4O3S/c1-24(23(30)29-6-3-7-29)5-4-16-19(10-24)32-22-20(16)21(26-13-27-22)28-17-8-14-11-25-12-15(14)9-18(17)31-2;1-21(20(26)27)4-3-13-16(7-21)29-19-17(13)18(23-10-24-19)25-14-5-11-8-22-9-12(11)6-15(14)28-2/h8-9,11,13H,3-7,10,12H2,1-2H3,(H,26,27,28);5-6,8,10H,3-4,7,9H2,1-2H3,(H,26,27)(H,23,24,25)/t24-;21-/m00/s1. The predicted molar refractivity (Wildman–Crippen MR) is 239 cm³/mol. The highest BCUT2D eigenvalue weighted by molar-refractivity contribution is 7.19. The van der Waals surface area contributed by atoms with E-state index in [1.807, 2.05) is 42.5 Å². The lowest BCUT2D eigenvalue weighted by atomic mass is 9.74. The van der Waals surface area contributed by atoms with Crippen LogP contribution in [0.1, 0.15) is 76.2 Å². The van der Waals surface area contributed by atoms with Crippen LogP contribution in [0.3, 0.4) is 0 Å². The third kappa shape index (κ3) is 6.85. The number of hydrogen-bond acceptors (Lipinski definition) is 14. The number of carboxylic acids is 1. The number of benzene rings is 2. The summed E-state index contributed by atoms with van der Waals surface area (Å²) in [5, 5.41) is 18.6. The number of carbonyl (C=O) groups excluding carboxylic acids is 1. The molecule has 1 amide bonds. The van der Waals surface area contributed by atoms with Crippen molar-refractivity contribution in [3.8, 4) is 11.5 Å². The molecule has 3 N–H and O–H groups in total. The minimum absolute atomic E-state index is 0.306. The van der Waals surface area contributed by atoms with E-state index in [4.69, 9.17) is 9.47 Å². The Morgan fingerprint density at radius 2 is 1.21 bits per heavy atom. The fourth-order valence-electron chi connectivity index (χ4n) is 9.09. The predicted octanol–water partition coefficient (Wildman–Crippen LogP) is 8.06. The molecule has 2 aromatic carbocycles. The summed E-state index contributed by atoms with van der Waals surface area (Å²) in [6, 6.07) is 8.14. The van der Waals surface area contributed by atoms with Crippen LogP contribution >= 0.6 is 22.7 Å². The molecular weight excluding hydrogens is 811 g/mol. The quantitative estimate of drug-likeness (QED) is 0.135. The Kier molecular flexibility index (Phi) is 9.74. The molecule has 1 fully saturated rings. The second kappa shape index (κ2) is 15.2. The normalized spacial score (nSPS) is 20.6. The van der Waals surface area contributed by atoms with Crippen LogP contribution < -0.4 is 20.1 Å². The van der Waals surface area contributed by atoms with Crippen molar-refractivity contribution in [3.63, 3.8) is 0 Å². The molecule has 0 saturated carbocycles. The molecule has 3 aliphatic heterocycles. The Labute approximate surface area is 360 Å². The molecule has 0 unspecified atom stereocenters. The third-order valence-corrected chi connectivity index (χ3v) is 15.2. The minimum atomic E-state index is -0.741. The SMILES string of the molecule is COc1cc2c(cc1Nc1ncnc3sc4c(c13)CC[C@](C)(C(=O)N1CCC1)C4)C=NC2.COc1cc2c(cc1Nc1ncnc3sc4c(c13)CC[C@](C)(C(=O)O)C4)C=NC2. The summed E-state index contributed by atoms with van der Waals surface area (Å²) in [7, 11) is 3.33. The largest absolute Gasteiger partial charge is 0.495 e. The molecular formula is C45H45N9O5S2. The molecule has 6 aromatic rings. The summed E-state index contributed by atoms with van der Waals surface area (Å²) in [4.78, 5) is 57.8. The van der Waals surface area contributed by atoms with Crippen LogP contribution in [0.5, 0.6) is 11.5 Å². The molecule has 11 rings (SSSR count). The van der Waals surface area contributed by atoms with Gasteiger partial charge in [0.1, 0.15) is 45.5 Å². The number of carbonyl (C=O) groups is 2. The van der Waals surface area contributed by atoms with Gasteiger partial charge in [0.2, 0.25) is 5.91 Å². The van der Waals surface area contributed by atoms with Crippen LogP contribution in [0.25, 0.3) is 20.4 Å². The maximum Gasteiger partial charge on any atom is 0.309 e. The number of amides is 1. The van der Waals surface area contributed by atoms with Gasteiger partial charge in [0, 0.05) is 35.3 Å². The number of nitrogens with zero attached hydrogens (tertiary/aromatic N) is 7. The Bertz CT molecular complexity index is 2850. The third-order valence-electron chi connectivity index (χ3n) is 12.9. The average Bonchev–Trinajstić information content (AvgIpc) is 4.04. The Morgan fingerprint density at radius 3 is 1.67 bits per heavy atom. The summed E-state index contributed by atoms with van der Waals surface area (Å²) >= 11 is 3.26. The minimum Gasteiger partial charge on any atom is -0.495 e. The Balaban J connectivity index is 0.000000147. The van der Waals surface area contributed by atoms with Crippen LogP contribution in [0.2, 0.25) is 0 Å². The number of fused-ring (bicyclic) bond motifs is 8. The first-order valence-corrected chi connectivity index (χ1v) is 22.2. The number of aliphatic imine (C=N–C) groups is 2. The lowest BCUT2D eigenvalue weighted by molar-refractivity contribution is -0.148. The van der Waals surface area contributed by atoms with Crippen molar-refractivity contribution in [2.24, 2.45) is 20.8 Å². The number of aryl methyl sites for hydroxylation is 2. The van der Waals surface area contributed by atoms with Gasteiger partial charge in [0.25, 0.3) is 0 Å². The topological polar surface area (TPSA) is 176 Å². The fourth-order valence-corrected chi connectivity index (χ4v) is 11.8. The second-order valence-corrected chi connectivity index (χ2v) is 19.1. The molecule has 312 valence electrons. The summed E-state index contributed by atoms with van der Waals surface area (Å²) in [5.41, 5.74) is 7.57. The van der Waals surface area contributed by atoms with Crippen LogP contribution in [0, 0.1) is 10.8 Å². The van der Waals surface area contributed by atoms with Crippen LogP contribution in [0.15, 0.2) is 46.9 Å². The fraction of sp³-hybridized carbons (Fsp3) is 0.378. The molecule has 14 nitrogen and oxygen atoms in total. The van der Waals surface area contributed by atoms with Gasteiger partial charge in [-0.3, -0.25) is 19.6 Å². The zero-order chi connectivity index (χ0) is 42.0. The van der Waals surface area contributed by atoms with E-state index in [9.17, 15) is 14.7 Å². The van der Waals surface area contributed by atoms with Crippen molar-refractivity contribution in [2.45, 2.75) is 71.9 Å². The second-order valence-electron chi connectivity index (χ2n) is 16.9. The van der Waals surface area contributed by atoms with E-state index >= 15 is 0 Å². The van der Waals surface area contributed by atoms with Gasteiger partial charge in [-0.25, -0.2) is 19.9 Å². The molecule has 61 heavy (non-hydrogen) atoms. The van der Waals surface area contributed by atoms with E-state index in [1.54, 1.807) is 49.5 Å². The van der Waals surface area contributed by atoms with E-state index in [-0.39, 0.29) is 5.41 Å². The van der Waals surface area contributed by atoms with Gasteiger partial charge >= 0.3 is 5.97 Å². The van der Waals surface area contributed by atoms with E-state index in [0.29, 0.717) is 38.3 Å². The maximum absolute atomic E-state index is 13.1. The molecule has 0 radical (unpaired) electrons. The monoisotopic (exact) mass is 855 g/mol. The highest BCUT2D eigenvalue weighted by Gasteiger charge is 2.43. The first-order chi connectivity index (χ1) is 29.5. The smallest absolute Gasteiger partial charge is 0.309 e. The number of aromatic nitrogens is 4. The number of hydrogen-bond donors (Lipinski definition) is 3. The molecule has 2 atom stereocenters. The summed E-state index contributed by atoms with van der Waals surface area (Å²) in [6.45, 7) is 7.12. The van der Waals surface area contributed by atoms with Gasteiger partial charge < -0.3 is 30.1 Å². The van der Waals surface area contributed by atoms with E-state index in [0.717, 1.165) is 121 Å². The van der Waals surface area contributed by atoms with Crippen molar-refractivity contribution in [1.82, 2.24) is 24.8 Å². The van der Waals surface area contributed by atoms with Gasteiger partial charge in [-0.2, -0.15) is 0 Å². The first-order valence-electron chi connectivity index (χ1n) is 20.5. The summed E-state index contributed by atoms with van der Waals surface area (Å²) in [6.07, 6.45) is 12.4. The zero-order valence-electron chi connectivity index (χ0n) is 34.4. The molecule has 4 aromatic heterocycles. The average molecular weight is 856 g/mol. The van der Waals surface area contributed by atoms with Gasteiger partial charge in [0.05, 0.1) is 60.3 Å². The zero-order valence-corrected chi connectivity index (χ0v) is 36.1. The number of methoxy groups -OCH3 is 2. The molecule has 0 spiro atoms. The highest BCUT2D eigenvalue weighted by atomic mass is 32.1. The van der Waals surface area contributed by atoms with Gasteiger partial charge in [-0.05, 0) is 110 Å². The number of anilines is 4. The summed E-state index contributed by atoms with van der Waals surface area (Å²) < 4.78 is 11.2. The molecule has 0 bridgehead atoms. The molecule has 7 heterocycles. The number of aliphatic carboxylic acids is 1. The van der Waals surface area contributed by atoms with E-state index < -0.39 is 11.4 Å². The maximum atomic E-state index is 13.1. The lowest BCUT2D eigenvalue weighted by Gasteiger charge is -2.41. The lowest BCUT2D eigenvalue weighted by Crippen LogP contribution is -2.50. The van der Waals surface area contributed by atoms with Crippen molar-refractivity contribution in [1.29, 1.82) is 0 Å². The van der Waals surface area contributed by atoms with Gasteiger partial charge in [0.15, 0.2) is 0 Å². The summed E-state index contributed by atoms with van der Waals surface area (Å²) in [5.74, 6) is 2.59. The number of nitrogens with one attached hydrogen (secondary N) is 2. The molecule has 2 aliphatic carbocycles. The number of ether oxygens (including phenoxy) is 2. The van der Waals surface area contributed by atoms with Crippen LogP contribution in [-0.4, -0.2) is 81.6 Å². The van der Waals surface area contributed by atoms with Crippen molar-refractivity contribution in [3.05, 3.63) is 80.1 Å². The van der Waals surface area contributed by atoms with Crippen LogP contribution in [-0.2, 0) is 48.4 Å². The Morgan fingerprint density at radius 1 is 0.721 bits per heavy atom. The van der Waals surface area contributed by atoms with Crippen molar-refractivity contribution in [2.75, 3.05) is 37.9 Å². The number of thiophene rings is 2. The number of carboxylic acid groups (broad SMARTS) is 1. The van der Waals surface area contributed by atoms with Crippen LogP contribution in [0.4, 0.5) is 23.0 Å². The molecule has 16 heteroatoms. The van der Waals surface area contributed by atoms with Crippen molar-refractivity contribution >= 4 is 90.4 Å². The highest BCUT2D eigenvalue weighted by Crippen LogP contribution is 2.47. The number of rotatable bonds is 8. The van der Waals surface area contributed by atoms with Crippen molar-refractivity contribution < 1.29 is 24.2 Å². The van der Waals surface area contributed by atoms with E-state index in [1.165, 1.54) is 16.0 Å². The molecule has 5 aliphatic rings. The number of likely N-dealkylation sites (tertiary alicyclic amines) is 1. The first kappa shape index (κ1) is 39.2. The van der Waals surface area contributed by atoms with Gasteiger partial charge in [-0.1, -0.05) is 6.92 Å². The van der Waals surface area contributed by atoms with E-state index in [2.05, 4.69) is 53.5 Å². The Hall–Kier alpha value is -6.00. The molecule has 1 saturated heterocycles. The van der Waals surface area contributed by atoms with Gasteiger partial charge in [-0.15, -0.1) is 22.7 Å².